The summed E-state index contributed by atoms with van der Waals surface area (Å²) < 4.78 is 28.2. The zero-order chi connectivity index (χ0) is 20.4. The molecule has 1 aromatic carbocycles. The molecule has 0 spiro atoms. The molecule has 0 saturated heterocycles. The molecule has 1 aliphatic carbocycles. The van der Waals surface area contributed by atoms with Crippen LogP contribution in [-0.2, 0) is 5.54 Å². The number of rotatable bonds is 5. The number of nitrogens with zero attached hydrogens (tertiary/aromatic N) is 3. The largest absolute Gasteiger partial charge is 0.366 e. The Bertz CT molecular complexity index is 1030. The topological polar surface area (TPSA) is 93.8 Å². The molecule has 1 amide bonds. The molecule has 2 aromatic heterocycles. The van der Waals surface area contributed by atoms with Crippen LogP contribution < -0.4 is 11.1 Å². The fraction of sp³-hybridized carbons (Fsp3) is 0.238. The third-order valence-corrected chi connectivity index (χ3v) is 5.17. The van der Waals surface area contributed by atoms with Crippen LogP contribution in [0, 0.1) is 5.82 Å². The minimum absolute atomic E-state index is 0.129. The minimum Gasteiger partial charge on any atom is -0.366 e. The van der Waals surface area contributed by atoms with Crippen LogP contribution in [0.2, 0.25) is 0 Å². The summed E-state index contributed by atoms with van der Waals surface area (Å²) in [4.78, 5) is 15.8. The number of anilines is 1. The minimum atomic E-state index is -0.928. The monoisotopic (exact) mass is 395 g/mol. The second-order valence-corrected chi connectivity index (χ2v) is 7.12. The second-order valence-electron chi connectivity index (χ2n) is 7.12. The van der Waals surface area contributed by atoms with Crippen molar-refractivity contribution in [1.29, 1.82) is 0 Å². The maximum atomic E-state index is 14.2. The van der Waals surface area contributed by atoms with Gasteiger partial charge in [-0.25, -0.2) is 8.78 Å². The molecular formula is C21H19F2N5O. The molecular weight excluding hydrogens is 376 g/mol. The van der Waals surface area contributed by atoms with E-state index in [1.54, 1.807) is 18.3 Å². The van der Waals surface area contributed by atoms with E-state index >= 15 is 0 Å². The number of alkyl halides is 1. The van der Waals surface area contributed by atoms with E-state index in [0.717, 1.165) is 5.69 Å². The van der Waals surface area contributed by atoms with Gasteiger partial charge in [-0.3, -0.25) is 9.78 Å². The smallest absolute Gasteiger partial charge is 0.248 e. The molecule has 4 rings (SSSR count). The van der Waals surface area contributed by atoms with Crippen molar-refractivity contribution in [1.82, 2.24) is 15.2 Å². The van der Waals surface area contributed by atoms with Crippen molar-refractivity contribution in [3.05, 3.63) is 71.8 Å². The summed E-state index contributed by atoms with van der Waals surface area (Å²) in [6, 6.07) is 12.6. The van der Waals surface area contributed by atoms with Crippen LogP contribution in [0.5, 0.6) is 0 Å². The van der Waals surface area contributed by atoms with Crippen molar-refractivity contribution >= 4 is 11.7 Å². The van der Waals surface area contributed by atoms with Crippen molar-refractivity contribution < 1.29 is 13.6 Å². The molecule has 29 heavy (non-hydrogen) atoms. The van der Waals surface area contributed by atoms with E-state index in [-0.39, 0.29) is 23.2 Å². The van der Waals surface area contributed by atoms with E-state index in [0.29, 0.717) is 18.7 Å². The number of nitrogens with two attached hydrogens (primary N) is 1. The summed E-state index contributed by atoms with van der Waals surface area (Å²) in [6.07, 6.45) is 2.03. The van der Waals surface area contributed by atoms with Crippen molar-refractivity contribution in [2.45, 2.75) is 31.0 Å². The number of carbonyl (C=O) groups excluding carboxylic acids is 1. The summed E-state index contributed by atoms with van der Waals surface area (Å²) >= 11 is 0. The molecule has 0 radical (unpaired) electrons. The fourth-order valence-electron chi connectivity index (χ4n) is 3.70. The predicted molar refractivity (Wildman–Crippen MR) is 104 cm³/mol. The maximum absolute atomic E-state index is 14.2. The second kappa shape index (κ2) is 7.54. The molecule has 6 nitrogen and oxygen atoms in total. The average Bonchev–Trinajstić information content (AvgIpc) is 3.11. The highest BCUT2D eigenvalue weighted by atomic mass is 19.1. The lowest BCUT2D eigenvalue weighted by atomic mass is 9.92. The number of carbonyl (C=O) groups is 1. The van der Waals surface area contributed by atoms with Crippen LogP contribution >= 0.6 is 0 Å². The van der Waals surface area contributed by atoms with Gasteiger partial charge in [0.05, 0.1) is 16.9 Å². The molecule has 1 aliphatic rings. The Balaban J connectivity index is 1.63. The van der Waals surface area contributed by atoms with Crippen LogP contribution in [0.15, 0.2) is 54.7 Å². The Morgan fingerprint density at radius 1 is 1.17 bits per heavy atom. The standard InChI is InChI=1S/C21H19F2N5O/c22-14-8-9-21(12-14,18-3-1-2-10-25-18)26-19-7-6-17(27-28-19)15-11-13(20(24)29)4-5-16(15)23/h1-7,10-11,14H,8-9,12H2,(H2,24,29)(H,26,28). The summed E-state index contributed by atoms with van der Waals surface area (Å²) in [5, 5.41) is 11.5. The molecule has 1 saturated carbocycles. The van der Waals surface area contributed by atoms with Gasteiger partial charge in [0.2, 0.25) is 5.91 Å². The number of nitrogens with one attached hydrogen (secondary N) is 1. The zero-order valence-corrected chi connectivity index (χ0v) is 15.5. The van der Waals surface area contributed by atoms with Crippen LogP contribution in [0.4, 0.5) is 14.6 Å². The first kappa shape index (κ1) is 18.9. The molecule has 3 N–H and O–H groups in total. The van der Waals surface area contributed by atoms with Gasteiger partial charge in [-0.1, -0.05) is 6.07 Å². The van der Waals surface area contributed by atoms with Gasteiger partial charge in [0, 0.05) is 23.7 Å². The quantitative estimate of drug-likeness (QED) is 0.688. The third kappa shape index (κ3) is 3.78. The van der Waals surface area contributed by atoms with Crippen LogP contribution in [0.25, 0.3) is 11.3 Å². The highest BCUT2D eigenvalue weighted by Gasteiger charge is 2.42. The van der Waals surface area contributed by atoms with Crippen molar-refractivity contribution in [3.63, 3.8) is 0 Å². The van der Waals surface area contributed by atoms with Crippen LogP contribution in [0.3, 0.4) is 0 Å². The van der Waals surface area contributed by atoms with E-state index in [1.165, 1.54) is 18.2 Å². The first-order valence-corrected chi connectivity index (χ1v) is 9.24. The molecule has 0 aliphatic heterocycles. The number of hydrogen-bond donors (Lipinski definition) is 2. The molecule has 2 heterocycles. The molecule has 8 heteroatoms. The lowest BCUT2D eigenvalue weighted by molar-refractivity contribution is 0.100. The van der Waals surface area contributed by atoms with Gasteiger partial charge in [0.1, 0.15) is 17.8 Å². The number of amides is 1. The van der Waals surface area contributed by atoms with Gasteiger partial charge < -0.3 is 11.1 Å². The number of halogens is 2. The summed E-state index contributed by atoms with van der Waals surface area (Å²) in [7, 11) is 0. The van der Waals surface area contributed by atoms with Crippen LogP contribution in [-0.4, -0.2) is 27.3 Å². The average molecular weight is 395 g/mol. The van der Waals surface area contributed by atoms with E-state index < -0.39 is 23.4 Å². The maximum Gasteiger partial charge on any atom is 0.248 e. The SMILES string of the molecule is NC(=O)c1ccc(F)c(-c2ccc(NC3(c4ccccn4)CCC(F)C3)nn2)c1. The van der Waals surface area contributed by atoms with Gasteiger partial charge in [0.25, 0.3) is 0 Å². The van der Waals surface area contributed by atoms with E-state index in [9.17, 15) is 13.6 Å². The molecule has 2 unspecified atom stereocenters. The van der Waals surface area contributed by atoms with Gasteiger partial charge >= 0.3 is 0 Å². The molecule has 3 aromatic rings. The van der Waals surface area contributed by atoms with E-state index in [4.69, 9.17) is 5.73 Å². The number of benzene rings is 1. The highest BCUT2D eigenvalue weighted by Crippen LogP contribution is 2.41. The Kier molecular flexibility index (Phi) is 4.92. The highest BCUT2D eigenvalue weighted by molar-refractivity contribution is 5.94. The Hall–Kier alpha value is -3.42. The van der Waals surface area contributed by atoms with Gasteiger partial charge in [-0.15, -0.1) is 10.2 Å². The van der Waals surface area contributed by atoms with Crippen molar-refractivity contribution in [3.8, 4) is 11.3 Å². The first-order valence-electron chi connectivity index (χ1n) is 9.24. The number of aromatic nitrogens is 3. The number of pyridine rings is 1. The first-order chi connectivity index (χ1) is 14.0. The molecule has 2 atom stereocenters. The van der Waals surface area contributed by atoms with E-state index in [1.807, 2.05) is 18.2 Å². The fourth-order valence-corrected chi connectivity index (χ4v) is 3.70. The Morgan fingerprint density at radius 3 is 2.66 bits per heavy atom. The van der Waals surface area contributed by atoms with Gasteiger partial charge in [0.15, 0.2) is 0 Å². The lowest BCUT2D eigenvalue weighted by Crippen LogP contribution is -2.34. The normalized spacial score (nSPS) is 21.1. The summed E-state index contributed by atoms with van der Waals surface area (Å²) in [5.41, 5.74) is 5.90. The summed E-state index contributed by atoms with van der Waals surface area (Å²) in [5.74, 6) is -0.761. The Labute approximate surface area is 166 Å². The summed E-state index contributed by atoms with van der Waals surface area (Å²) in [6.45, 7) is 0. The van der Waals surface area contributed by atoms with Crippen molar-refractivity contribution in [2.24, 2.45) is 5.73 Å². The van der Waals surface area contributed by atoms with Crippen LogP contribution in [0.1, 0.15) is 35.3 Å². The van der Waals surface area contributed by atoms with Gasteiger partial charge in [-0.05, 0) is 55.3 Å². The Morgan fingerprint density at radius 2 is 2.03 bits per heavy atom. The zero-order valence-electron chi connectivity index (χ0n) is 15.5. The molecule has 1 fully saturated rings. The third-order valence-electron chi connectivity index (χ3n) is 5.17. The van der Waals surface area contributed by atoms with Crippen molar-refractivity contribution in [2.75, 3.05) is 5.32 Å². The van der Waals surface area contributed by atoms with Gasteiger partial charge in [-0.2, -0.15) is 0 Å². The predicted octanol–water partition coefficient (Wildman–Crippen LogP) is 3.61. The number of hydrogen-bond acceptors (Lipinski definition) is 5. The lowest BCUT2D eigenvalue weighted by Gasteiger charge is -2.30. The number of primary amides is 1. The van der Waals surface area contributed by atoms with E-state index in [2.05, 4.69) is 20.5 Å². The molecule has 0 bridgehead atoms. The molecule has 148 valence electrons.